The molecule has 7 heteroatoms. The summed E-state index contributed by atoms with van der Waals surface area (Å²) in [4.78, 5) is 17.4. The van der Waals surface area contributed by atoms with E-state index in [1.807, 2.05) is 48.7 Å². The third-order valence-corrected chi connectivity index (χ3v) is 4.52. The quantitative estimate of drug-likeness (QED) is 0.701. The van der Waals surface area contributed by atoms with Crippen LogP contribution in [-0.2, 0) is 17.8 Å². The summed E-state index contributed by atoms with van der Waals surface area (Å²) in [5.74, 6) is 1.38. The number of hydrogen-bond donors (Lipinski definition) is 1. The highest BCUT2D eigenvalue weighted by atomic mass is 32.1. The van der Waals surface area contributed by atoms with Crippen molar-refractivity contribution in [3.05, 3.63) is 53.2 Å². The average molecular weight is 357 g/mol. The summed E-state index contributed by atoms with van der Waals surface area (Å²) in [6.45, 7) is 3.93. The molecule has 0 aliphatic carbocycles. The number of hydrogen-bond acceptors (Lipinski definition) is 6. The van der Waals surface area contributed by atoms with E-state index in [1.54, 1.807) is 6.92 Å². The van der Waals surface area contributed by atoms with Crippen LogP contribution in [-0.4, -0.2) is 22.2 Å². The summed E-state index contributed by atoms with van der Waals surface area (Å²) >= 11 is 1.53. The van der Waals surface area contributed by atoms with E-state index in [-0.39, 0.29) is 12.5 Å². The first-order chi connectivity index (χ1) is 12.2. The number of ether oxygens (including phenoxy) is 1. The minimum absolute atomic E-state index is 0.167. The molecule has 6 nitrogen and oxygen atoms in total. The number of rotatable bonds is 7. The number of benzene rings is 1. The topological polar surface area (TPSA) is 77.2 Å². The normalized spacial score (nSPS) is 11.9. The molecule has 0 bridgehead atoms. The highest BCUT2D eigenvalue weighted by molar-refractivity contribution is 7.13. The number of thiophene rings is 1. The number of nitrogens with one attached hydrogen (secondary N) is 1. The zero-order valence-electron chi connectivity index (χ0n) is 14.1. The second-order valence-electron chi connectivity index (χ2n) is 5.43. The van der Waals surface area contributed by atoms with Crippen LogP contribution in [0.5, 0.6) is 5.75 Å². The van der Waals surface area contributed by atoms with Gasteiger partial charge in [0.25, 0.3) is 5.91 Å². The van der Waals surface area contributed by atoms with Crippen molar-refractivity contribution in [2.75, 3.05) is 0 Å². The predicted molar refractivity (Wildman–Crippen MR) is 95.4 cm³/mol. The number of para-hydroxylation sites is 1. The number of nitrogens with zero attached hydrogens (tertiary/aromatic N) is 2. The lowest BCUT2D eigenvalue weighted by Crippen LogP contribution is -2.36. The Morgan fingerprint density at radius 1 is 1.32 bits per heavy atom. The number of amides is 1. The van der Waals surface area contributed by atoms with Crippen molar-refractivity contribution >= 4 is 17.2 Å². The van der Waals surface area contributed by atoms with Crippen LogP contribution in [0.15, 0.2) is 46.3 Å². The Kier molecular flexibility index (Phi) is 5.45. The van der Waals surface area contributed by atoms with Crippen LogP contribution in [0.25, 0.3) is 10.7 Å². The molecule has 25 heavy (non-hydrogen) atoms. The Morgan fingerprint density at radius 2 is 2.16 bits per heavy atom. The summed E-state index contributed by atoms with van der Waals surface area (Å²) in [6, 6.07) is 11.5. The largest absolute Gasteiger partial charge is 0.481 e. The zero-order valence-corrected chi connectivity index (χ0v) is 14.9. The second-order valence-corrected chi connectivity index (χ2v) is 6.38. The molecule has 1 amide bonds. The van der Waals surface area contributed by atoms with Gasteiger partial charge in [0.05, 0.1) is 11.4 Å². The van der Waals surface area contributed by atoms with E-state index in [0.717, 1.165) is 22.6 Å². The summed E-state index contributed by atoms with van der Waals surface area (Å²) < 4.78 is 10.9. The van der Waals surface area contributed by atoms with Gasteiger partial charge in [-0.3, -0.25) is 4.79 Å². The summed E-state index contributed by atoms with van der Waals surface area (Å²) in [7, 11) is 0. The molecule has 1 atom stereocenters. The minimum atomic E-state index is -0.618. The Hall–Kier alpha value is -2.67. The standard InChI is InChI=1S/C18H19N3O3S/c1-3-13-7-4-5-8-14(13)23-12(2)18(22)19-11-16-20-17(21-24-16)15-9-6-10-25-15/h4-10,12H,3,11H2,1-2H3,(H,19,22). The molecule has 1 unspecified atom stereocenters. The molecule has 2 aromatic heterocycles. The molecular weight excluding hydrogens is 338 g/mol. The molecular formula is C18H19N3O3S. The van der Waals surface area contributed by atoms with Crippen LogP contribution in [0.4, 0.5) is 0 Å². The Morgan fingerprint density at radius 3 is 2.92 bits per heavy atom. The molecule has 0 aliphatic heterocycles. The van der Waals surface area contributed by atoms with Crippen LogP contribution < -0.4 is 10.1 Å². The number of aromatic nitrogens is 2. The van der Waals surface area contributed by atoms with Gasteiger partial charge >= 0.3 is 0 Å². The van der Waals surface area contributed by atoms with Gasteiger partial charge in [-0.1, -0.05) is 36.3 Å². The fourth-order valence-corrected chi connectivity index (χ4v) is 2.94. The van der Waals surface area contributed by atoms with Gasteiger partial charge in [0.1, 0.15) is 5.75 Å². The molecule has 2 heterocycles. The molecule has 3 rings (SSSR count). The van der Waals surface area contributed by atoms with Gasteiger partial charge in [0.2, 0.25) is 11.7 Å². The number of aryl methyl sites for hydroxylation is 1. The molecule has 0 aliphatic rings. The lowest BCUT2D eigenvalue weighted by atomic mass is 10.1. The molecule has 0 fully saturated rings. The Balaban J connectivity index is 1.55. The van der Waals surface area contributed by atoms with Crippen molar-refractivity contribution in [2.45, 2.75) is 32.9 Å². The highest BCUT2D eigenvalue weighted by Gasteiger charge is 2.17. The van der Waals surface area contributed by atoms with Gasteiger partial charge in [0, 0.05) is 0 Å². The predicted octanol–water partition coefficient (Wildman–Crippen LogP) is 3.44. The van der Waals surface area contributed by atoms with E-state index in [4.69, 9.17) is 9.26 Å². The van der Waals surface area contributed by atoms with E-state index in [0.29, 0.717) is 11.7 Å². The van der Waals surface area contributed by atoms with Crippen molar-refractivity contribution in [3.8, 4) is 16.5 Å². The van der Waals surface area contributed by atoms with Gasteiger partial charge < -0.3 is 14.6 Å². The molecule has 1 aromatic carbocycles. The monoisotopic (exact) mass is 357 g/mol. The highest BCUT2D eigenvalue weighted by Crippen LogP contribution is 2.21. The average Bonchev–Trinajstić information content (AvgIpc) is 3.31. The van der Waals surface area contributed by atoms with Gasteiger partial charge in [-0.25, -0.2) is 0 Å². The maximum Gasteiger partial charge on any atom is 0.261 e. The lowest BCUT2D eigenvalue weighted by Gasteiger charge is -2.16. The minimum Gasteiger partial charge on any atom is -0.481 e. The molecule has 1 N–H and O–H groups in total. The van der Waals surface area contributed by atoms with Crippen molar-refractivity contribution < 1.29 is 14.1 Å². The number of carbonyl (C=O) groups excluding carboxylic acids is 1. The van der Waals surface area contributed by atoms with Gasteiger partial charge in [-0.05, 0) is 36.4 Å². The summed E-state index contributed by atoms with van der Waals surface area (Å²) in [6.07, 6.45) is 0.227. The SMILES string of the molecule is CCc1ccccc1OC(C)C(=O)NCc1nc(-c2cccs2)no1. The van der Waals surface area contributed by atoms with Crippen molar-refractivity contribution in [1.82, 2.24) is 15.5 Å². The van der Waals surface area contributed by atoms with Gasteiger partial charge in [0.15, 0.2) is 6.10 Å². The fraction of sp³-hybridized carbons (Fsp3) is 0.278. The second kappa shape index (κ2) is 7.94. The van der Waals surface area contributed by atoms with E-state index < -0.39 is 6.10 Å². The van der Waals surface area contributed by atoms with Gasteiger partial charge in [-0.2, -0.15) is 4.98 Å². The van der Waals surface area contributed by atoms with Crippen LogP contribution in [0.1, 0.15) is 25.3 Å². The maximum absolute atomic E-state index is 12.2. The Labute approximate surface area is 149 Å². The van der Waals surface area contributed by atoms with Crippen molar-refractivity contribution in [1.29, 1.82) is 0 Å². The third-order valence-electron chi connectivity index (χ3n) is 3.65. The van der Waals surface area contributed by atoms with Crippen LogP contribution in [0.2, 0.25) is 0 Å². The Bertz CT molecular complexity index is 830. The molecule has 0 saturated heterocycles. The number of carbonyl (C=O) groups is 1. The molecule has 3 aromatic rings. The molecule has 0 saturated carbocycles. The molecule has 0 spiro atoms. The van der Waals surface area contributed by atoms with E-state index in [9.17, 15) is 4.79 Å². The maximum atomic E-state index is 12.2. The van der Waals surface area contributed by atoms with E-state index >= 15 is 0 Å². The van der Waals surface area contributed by atoms with E-state index in [2.05, 4.69) is 15.5 Å². The van der Waals surface area contributed by atoms with Gasteiger partial charge in [-0.15, -0.1) is 11.3 Å². The van der Waals surface area contributed by atoms with E-state index in [1.165, 1.54) is 11.3 Å². The van der Waals surface area contributed by atoms with Crippen LogP contribution >= 0.6 is 11.3 Å². The van der Waals surface area contributed by atoms with Crippen molar-refractivity contribution in [3.63, 3.8) is 0 Å². The lowest BCUT2D eigenvalue weighted by molar-refractivity contribution is -0.127. The zero-order chi connectivity index (χ0) is 17.6. The van der Waals surface area contributed by atoms with Crippen LogP contribution in [0.3, 0.4) is 0 Å². The van der Waals surface area contributed by atoms with Crippen LogP contribution in [0, 0.1) is 0 Å². The fourth-order valence-electron chi connectivity index (χ4n) is 2.29. The first kappa shape index (κ1) is 17.2. The van der Waals surface area contributed by atoms with Crippen molar-refractivity contribution in [2.24, 2.45) is 0 Å². The summed E-state index contributed by atoms with van der Waals surface area (Å²) in [5.41, 5.74) is 1.07. The first-order valence-corrected chi connectivity index (χ1v) is 8.94. The summed E-state index contributed by atoms with van der Waals surface area (Å²) in [5, 5.41) is 8.62. The third kappa shape index (κ3) is 4.24. The smallest absolute Gasteiger partial charge is 0.261 e. The molecule has 0 radical (unpaired) electrons. The first-order valence-electron chi connectivity index (χ1n) is 8.06. The molecule has 130 valence electrons.